The quantitative estimate of drug-likeness (QED) is 0.677. The summed E-state index contributed by atoms with van der Waals surface area (Å²) in [6.45, 7) is 0.198. The zero-order valence-electron chi connectivity index (χ0n) is 17.4. The summed E-state index contributed by atoms with van der Waals surface area (Å²) in [4.78, 5) is 13.8. The van der Waals surface area contributed by atoms with Crippen molar-refractivity contribution in [3.8, 4) is 23.0 Å². The molecular weight excluding hydrogens is 394 g/mol. The molecule has 1 N–H and O–H groups in total. The molecule has 0 saturated heterocycles. The van der Waals surface area contributed by atoms with Gasteiger partial charge in [-0.05, 0) is 53.8 Å². The minimum atomic E-state index is -0.752. The number of ether oxygens (including phenoxy) is 4. The Morgan fingerprint density at radius 2 is 1.58 bits per heavy atom. The molecule has 5 rings (SSSR count). The standard InChI is InChI=1S/C25H23NO5/c1-28-20-10-8-19(12-22(20)29-2)26-24(27)25(13-16-5-3-4-6-17(16)14-25)18-7-9-21-23(11-18)31-15-30-21/h3-12H,13-15H2,1-2H3,(H,26,27). The fourth-order valence-corrected chi connectivity index (χ4v) is 4.47. The lowest BCUT2D eigenvalue weighted by Crippen LogP contribution is -2.41. The normalized spacial score (nSPS) is 15.3. The van der Waals surface area contributed by atoms with Crippen molar-refractivity contribution >= 4 is 11.6 Å². The van der Waals surface area contributed by atoms with Crippen LogP contribution in [0.3, 0.4) is 0 Å². The molecule has 31 heavy (non-hydrogen) atoms. The molecule has 0 fully saturated rings. The highest BCUT2D eigenvalue weighted by Crippen LogP contribution is 2.44. The smallest absolute Gasteiger partial charge is 0.235 e. The van der Waals surface area contributed by atoms with Crippen molar-refractivity contribution in [2.45, 2.75) is 18.3 Å². The molecule has 1 aliphatic carbocycles. The minimum absolute atomic E-state index is 0.0743. The Labute approximate surface area is 180 Å². The molecule has 0 aromatic heterocycles. The van der Waals surface area contributed by atoms with Crippen LogP contribution < -0.4 is 24.3 Å². The van der Waals surface area contributed by atoms with Crippen LogP contribution in [-0.4, -0.2) is 26.9 Å². The average Bonchev–Trinajstić information content (AvgIpc) is 3.43. The summed E-state index contributed by atoms with van der Waals surface area (Å²) < 4.78 is 21.8. The van der Waals surface area contributed by atoms with Crippen molar-refractivity contribution in [2.24, 2.45) is 0 Å². The van der Waals surface area contributed by atoms with E-state index in [1.165, 1.54) is 11.1 Å². The van der Waals surface area contributed by atoms with E-state index in [1.807, 2.05) is 36.4 Å². The molecule has 0 spiro atoms. The van der Waals surface area contributed by atoms with Crippen LogP contribution in [0.5, 0.6) is 23.0 Å². The van der Waals surface area contributed by atoms with Gasteiger partial charge in [-0.3, -0.25) is 4.79 Å². The lowest BCUT2D eigenvalue weighted by molar-refractivity contribution is -0.121. The zero-order chi connectivity index (χ0) is 21.4. The van der Waals surface area contributed by atoms with E-state index in [2.05, 4.69) is 17.4 Å². The number of amides is 1. The van der Waals surface area contributed by atoms with Crippen LogP contribution in [0, 0.1) is 0 Å². The number of hydrogen-bond donors (Lipinski definition) is 1. The number of nitrogens with one attached hydrogen (secondary N) is 1. The van der Waals surface area contributed by atoms with Gasteiger partial charge in [-0.2, -0.15) is 0 Å². The van der Waals surface area contributed by atoms with Gasteiger partial charge in [0.15, 0.2) is 23.0 Å². The highest BCUT2D eigenvalue weighted by atomic mass is 16.7. The van der Waals surface area contributed by atoms with Crippen molar-refractivity contribution in [2.75, 3.05) is 26.3 Å². The van der Waals surface area contributed by atoms with Gasteiger partial charge in [-0.25, -0.2) is 0 Å². The zero-order valence-corrected chi connectivity index (χ0v) is 17.4. The highest BCUT2D eigenvalue weighted by molar-refractivity contribution is 6.00. The van der Waals surface area contributed by atoms with Crippen LogP contribution >= 0.6 is 0 Å². The van der Waals surface area contributed by atoms with Crippen molar-refractivity contribution in [1.29, 1.82) is 0 Å². The van der Waals surface area contributed by atoms with Crippen LogP contribution in [0.25, 0.3) is 0 Å². The third-order valence-electron chi connectivity index (χ3n) is 6.10. The van der Waals surface area contributed by atoms with E-state index in [9.17, 15) is 4.79 Å². The summed E-state index contributed by atoms with van der Waals surface area (Å²) in [5, 5.41) is 3.11. The fraction of sp³-hybridized carbons (Fsp3) is 0.240. The molecule has 0 radical (unpaired) electrons. The molecule has 2 aliphatic rings. The van der Waals surface area contributed by atoms with Gasteiger partial charge in [0.25, 0.3) is 0 Å². The van der Waals surface area contributed by atoms with E-state index >= 15 is 0 Å². The predicted molar refractivity (Wildman–Crippen MR) is 116 cm³/mol. The van der Waals surface area contributed by atoms with Gasteiger partial charge < -0.3 is 24.3 Å². The number of hydrogen-bond acceptors (Lipinski definition) is 5. The van der Waals surface area contributed by atoms with Gasteiger partial charge in [0.1, 0.15) is 0 Å². The SMILES string of the molecule is COc1ccc(NC(=O)C2(c3ccc4c(c3)OCO4)Cc3ccccc3C2)cc1OC. The Morgan fingerprint density at radius 1 is 0.871 bits per heavy atom. The van der Waals surface area contributed by atoms with Crippen molar-refractivity contribution < 1.29 is 23.7 Å². The minimum Gasteiger partial charge on any atom is -0.493 e. The maximum Gasteiger partial charge on any atom is 0.235 e. The number of methoxy groups -OCH3 is 2. The number of carbonyl (C=O) groups is 1. The molecule has 158 valence electrons. The molecule has 0 atom stereocenters. The average molecular weight is 417 g/mol. The molecule has 1 amide bonds. The van der Waals surface area contributed by atoms with Gasteiger partial charge in [0.2, 0.25) is 12.7 Å². The van der Waals surface area contributed by atoms with Crippen molar-refractivity contribution in [3.05, 3.63) is 77.4 Å². The van der Waals surface area contributed by atoms with Gasteiger partial charge in [0.05, 0.1) is 19.6 Å². The molecule has 6 heteroatoms. The summed E-state index contributed by atoms with van der Waals surface area (Å²) >= 11 is 0. The van der Waals surface area contributed by atoms with Crippen LogP contribution in [0.15, 0.2) is 60.7 Å². The molecule has 0 bridgehead atoms. The summed E-state index contributed by atoms with van der Waals surface area (Å²) in [5.41, 5.74) is 3.17. The number of fused-ring (bicyclic) bond motifs is 2. The second kappa shape index (κ2) is 7.54. The topological polar surface area (TPSA) is 66.0 Å². The molecular formula is C25H23NO5. The summed E-state index contributed by atoms with van der Waals surface area (Å²) in [5.74, 6) is 2.47. The Balaban J connectivity index is 1.53. The van der Waals surface area contributed by atoms with E-state index in [-0.39, 0.29) is 12.7 Å². The molecule has 3 aromatic rings. The van der Waals surface area contributed by atoms with Crippen molar-refractivity contribution in [3.63, 3.8) is 0 Å². The van der Waals surface area contributed by atoms with Gasteiger partial charge in [-0.1, -0.05) is 30.3 Å². The highest BCUT2D eigenvalue weighted by Gasteiger charge is 2.46. The van der Waals surface area contributed by atoms with E-state index in [0.717, 1.165) is 5.56 Å². The van der Waals surface area contributed by atoms with E-state index in [4.69, 9.17) is 18.9 Å². The summed E-state index contributed by atoms with van der Waals surface area (Å²) in [7, 11) is 3.16. The van der Waals surface area contributed by atoms with Gasteiger partial charge >= 0.3 is 0 Å². The van der Waals surface area contributed by atoms with Crippen LogP contribution in [0.1, 0.15) is 16.7 Å². The number of anilines is 1. The first kappa shape index (κ1) is 19.3. The molecule has 3 aromatic carbocycles. The third kappa shape index (κ3) is 3.24. The maximum atomic E-state index is 13.8. The van der Waals surface area contributed by atoms with Crippen molar-refractivity contribution in [1.82, 2.24) is 0 Å². The Kier molecular flexibility index (Phi) is 4.70. The summed E-state index contributed by atoms with van der Waals surface area (Å²) in [6.07, 6.45) is 1.23. The summed E-state index contributed by atoms with van der Waals surface area (Å²) in [6, 6.07) is 19.4. The second-order valence-electron chi connectivity index (χ2n) is 7.80. The molecule has 1 heterocycles. The lowest BCUT2D eigenvalue weighted by Gasteiger charge is -2.29. The van der Waals surface area contributed by atoms with E-state index < -0.39 is 5.41 Å². The molecule has 0 saturated carbocycles. The maximum absolute atomic E-state index is 13.8. The molecule has 0 unspecified atom stereocenters. The number of carbonyl (C=O) groups excluding carboxylic acids is 1. The van der Waals surface area contributed by atoms with Crippen LogP contribution in [-0.2, 0) is 23.1 Å². The Morgan fingerprint density at radius 3 is 2.29 bits per heavy atom. The van der Waals surface area contributed by atoms with Gasteiger partial charge in [0, 0.05) is 11.8 Å². The van der Waals surface area contributed by atoms with Crippen LogP contribution in [0.2, 0.25) is 0 Å². The largest absolute Gasteiger partial charge is 0.493 e. The Hall–Kier alpha value is -3.67. The third-order valence-corrected chi connectivity index (χ3v) is 6.10. The van der Waals surface area contributed by atoms with Gasteiger partial charge in [-0.15, -0.1) is 0 Å². The predicted octanol–water partition coefficient (Wildman–Crippen LogP) is 4.11. The molecule has 1 aliphatic heterocycles. The second-order valence-corrected chi connectivity index (χ2v) is 7.80. The Bertz CT molecular complexity index is 1130. The van der Waals surface area contributed by atoms with E-state index in [0.29, 0.717) is 41.5 Å². The van der Waals surface area contributed by atoms with Crippen LogP contribution in [0.4, 0.5) is 5.69 Å². The lowest BCUT2D eigenvalue weighted by atomic mass is 9.76. The first-order valence-electron chi connectivity index (χ1n) is 10.1. The number of benzene rings is 3. The van der Waals surface area contributed by atoms with E-state index in [1.54, 1.807) is 26.4 Å². The first-order valence-corrected chi connectivity index (χ1v) is 10.1. The molecule has 6 nitrogen and oxygen atoms in total. The number of rotatable bonds is 5. The monoisotopic (exact) mass is 417 g/mol. The first-order chi connectivity index (χ1) is 15.1. The fourth-order valence-electron chi connectivity index (χ4n) is 4.47.